The van der Waals surface area contributed by atoms with E-state index in [0.29, 0.717) is 35.9 Å². The smallest absolute Gasteiger partial charge is 0.271 e. The van der Waals surface area contributed by atoms with Gasteiger partial charge in [0, 0.05) is 25.4 Å². The predicted octanol–water partition coefficient (Wildman–Crippen LogP) is 4.18. The Hall–Kier alpha value is -3.02. The summed E-state index contributed by atoms with van der Waals surface area (Å²) in [7, 11) is 0. The van der Waals surface area contributed by atoms with Crippen LogP contribution in [0.2, 0.25) is 0 Å². The van der Waals surface area contributed by atoms with Crippen molar-refractivity contribution in [2.45, 2.75) is 33.6 Å². The molecule has 1 amide bonds. The van der Waals surface area contributed by atoms with Crippen molar-refractivity contribution in [1.29, 1.82) is 0 Å². The topological polar surface area (TPSA) is 83.6 Å². The number of H-pyrrole nitrogens is 1. The standard InChI is InChI=1S/C24H29N5O/c1-15(2)19-11-17(12-23-28-20-6-4-5-7-21(20)29-23)16(3)10-18(19)13-27-24(30)22-14-25-8-9-26-22/h4-10,14-15,17-19H,11-13H2,1-3H3,(H,27,30)(H,28,29). The number of nitrogens with one attached hydrogen (secondary N) is 2. The van der Waals surface area contributed by atoms with Crippen LogP contribution in [-0.4, -0.2) is 32.4 Å². The molecule has 1 aliphatic rings. The van der Waals surface area contributed by atoms with Crippen molar-refractivity contribution in [1.82, 2.24) is 25.3 Å². The molecule has 30 heavy (non-hydrogen) atoms. The van der Waals surface area contributed by atoms with Crippen LogP contribution in [0.4, 0.5) is 0 Å². The van der Waals surface area contributed by atoms with E-state index in [1.165, 1.54) is 11.8 Å². The molecule has 0 bridgehead atoms. The number of hydrogen-bond donors (Lipinski definition) is 2. The summed E-state index contributed by atoms with van der Waals surface area (Å²) < 4.78 is 0. The molecule has 0 saturated carbocycles. The largest absolute Gasteiger partial charge is 0.350 e. The second-order valence-electron chi connectivity index (χ2n) is 8.62. The highest BCUT2D eigenvalue weighted by molar-refractivity contribution is 5.91. The summed E-state index contributed by atoms with van der Waals surface area (Å²) in [5.74, 6) is 2.70. The van der Waals surface area contributed by atoms with Gasteiger partial charge in [0.25, 0.3) is 5.91 Å². The number of aromatic nitrogens is 4. The molecule has 1 aliphatic carbocycles. The van der Waals surface area contributed by atoms with Gasteiger partial charge in [-0.15, -0.1) is 0 Å². The highest BCUT2D eigenvalue weighted by atomic mass is 16.1. The van der Waals surface area contributed by atoms with E-state index in [9.17, 15) is 4.79 Å². The van der Waals surface area contributed by atoms with Gasteiger partial charge in [0.2, 0.25) is 0 Å². The minimum atomic E-state index is -0.166. The zero-order valence-corrected chi connectivity index (χ0v) is 17.8. The maximum absolute atomic E-state index is 12.4. The van der Waals surface area contributed by atoms with Crippen molar-refractivity contribution in [3.05, 3.63) is 66.0 Å². The molecule has 156 valence electrons. The molecule has 6 nitrogen and oxygen atoms in total. The lowest BCUT2D eigenvalue weighted by Gasteiger charge is -2.37. The van der Waals surface area contributed by atoms with E-state index in [0.717, 1.165) is 29.7 Å². The SMILES string of the molecule is CC1=CC(CNC(=O)c2cnccn2)C(C(C)C)CC1Cc1nc2ccccc2[nH]1. The number of benzene rings is 1. The first kappa shape index (κ1) is 20.3. The number of carbonyl (C=O) groups is 1. The molecule has 4 rings (SSSR count). The van der Waals surface area contributed by atoms with Crippen molar-refractivity contribution < 1.29 is 4.79 Å². The summed E-state index contributed by atoms with van der Waals surface area (Å²) in [6.07, 6.45) is 8.99. The van der Waals surface area contributed by atoms with E-state index < -0.39 is 0 Å². The van der Waals surface area contributed by atoms with E-state index in [-0.39, 0.29) is 5.91 Å². The Morgan fingerprint density at radius 1 is 1.27 bits per heavy atom. The first-order valence-corrected chi connectivity index (χ1v) is 10.7. The van der Waals surface area contributed by atoms with Crippen molar-refractivity contribution in [2.75, 3.05) is 6.54 Å². The fraction of sp³-hybridized carbons (Fsp3) is 0.417. The molecule has 3 atom stereocenters. The van der Waals surface area contributed by atoms with Gasteiger partial charge in [-0.05, 0) is 49.1 Å². The normalized spacial score (nSPS) is 21.6. The van der Waals surface area contributed by atoms with Crippen molar-refractivity contribution in [2.24, 2.45) is 23.7 Å². The molecule has 0 fully saturated rings. The van der Waals surface area contributed by atoms with E-state index in [1.54, 1.807) is 12.4 Å². The molecule has 1 aromatic carbocycles. The molecule has 2 N–H and O–H groups in total. The number of imidazole rings is 1. The van der Waals surface area contributed by atoms with Crippen LogP contribution in [0.5, 0.6) is 0 Å². The molecule has 3 unspecified atom stereocenters. The van der Waals surface area contributed by atoms with E-state index in [2.05, 4.69) is 53.2 Å². The lowest BCUT2D eigenvalue weighted by atomic mass is 9.70. The van der Waals surface area contributed by atoms with Crippen LogP contribution in [0.3, 0.4) is 0 Å². The van der Waals surface area contributed by atoms with Crippen molar-refractivity contribution in [3.8, 4) is 0 Å². The average molecular weight is 404 g/mol. The molecule has 0 saturated heterocycles. The fourth-order valence-electron chi connectivity index (χ4n) is 4.56. The average Bonchev–Trinajstić information content (AvgIpc) is 3.16. The quantitative estimate of drug-likeness (QED) is 0.605. The third kappa shape index (κ3) is 4.42. The summed E-state index contributed by atoms with van der Waals surface area (Å²) in [4.78, 5) is 28.7. The second kappa shape index (κ2) is 8.78. The minimum absolute atomic E-state index is 0.166. The van der Waals surface area contributed by atoms with Gasteiger partial charge in [0.05, 0.1) is 17.2 Å². The molecule has 0 aliphatic heterocycles. The van der Waals surface area contributed by atoms with Gasteiger partial charge in [-0.3, -0.25) is 9.78 Å². The number of fused-ring (bicyclic) bond motifs is 1. The first-order valence-electron chi connectivity index (χ1n) is 10.7. The molecule has 2 heterocycles. The van der Waals surface area contributed by atoms with Crippen LogP contribution < -0.4 is 5.32 Å². The Bertz CT molecular complexity index is 1010. The predicted molar refractivity (Wildman–Crippen MR) is 118 cm³/mol. The fourth-order valence-corrected chi connectivity index (χ4v) is 4.56. The van der Waals surface area contributed by atoms with Crippen LogP contribution in [0.15, 0.2) is 54.5 Å². The second-order valence-corrected chi connectivity index (χ2v) is 8.62. The molecule has 0 spiro atoms. The lowest BCUT2D eigenvalue weighted by Crippen LogP contribution is -2.37. The summed E-state index contributed by atoms with van der Waals surface area (Å²) in [5.41, 5.74) is 3.86. The van der Waals surface area contributed by atoms with E-state index >= 15 is 0 Å². The van der Waals surface area contributed by atoms with Gasteiger partial charge in [-0.25, -0.2) is 9.97 Å². The number of carbonyl (C=O) groups excluding carboxylic acids is 1. The Kier molecular flexibility index (Phi) is 5.93. The summed E-state index contributed by atoms with van der Waals surface area (Å²) in [6.45, 7) is 7.37. The Morgan fingerprint density at radius 2 is 2.10 bits per heavy atom. The van der Waals surface area contributed by atoms with E-state index in [4.69, 9.17) is 4.98 Å². The minimum Gasteiger partial charge on any atom is -0.350 e. The van der Waals surface area contributed by atoms with Gasteiger partial charge in [0.15, 0.2) is 0 Å². The summed E-state index contributed by atoms with van der Waals surface area (Å²) in [6, 6.07) is 8.17. The van der Waals surface area contributed by atoms with Gasteiger partial charge in [-0.2, -0.15) is 0 Å². The maximum Gasteiger partial charge on any atom is 0.271 e. The Balaban J connectivity index is 1.46. The zero-order chi connectivity index (χ0) is 21.1. The Labute approximate surface area is 177 Å². The molecule has 6 heteroatoms. The van der Waals surface area contributed by atoms with Crippen LogP contribution in [0.1, 0.15) is 43.5 Å². The van der Waals surface area contributed by atoms with Gasteiger partial charge in [-0.1, -0.05) is 37.6 Å². The number of amides is 1. The zero-order valence-electron chi connectivity index (χ0n) is 17.8. The summed E-state index contributed by atoms with van der Waals surface area (Å²) in [5, 5.41) is 3.05. The van der Waals surface area contributed by atoms with Crippen LogP contribution in [-0.2, 0) is 6.42 Å². The number of allylic oxidation sites excluding steroid dienone is 1. The van der Waals surface area contributed by atoms with Gasteiger partial charge in [0.1, 0.15) is 11.5 Å². The van der Waals surface area contributed by atoms with Crippen LogP contribution in [0.25, 0.3) is 11.0 Å². The number of nitrogens with zero attached hydrogens (tertiary/aromatic N) is 3. The molecular formula is C24H29N5O. The molecule has 3 aromatic rings. The number of rotatable bonds is 6. The van der Waals surface area contributed by atoms with Crippen molar-refractivity contribution >= 4 is 16.9 Å². The molecule has 0 radical (unpaired) electrons. The highest BCUT2D eigenvalue weighted by Crippen LogP contribution is 2.38. The van der Waals surface area contributed by atoms with Gasteiger partial charge < -0.3 is 10.3 Å². The number of hydrogen-bond acceptors (Lipinski definition) is 4. The first-order chi connectivity index (χ1) is 14.5. The third-order valence-electron chi connectivity index (χ3n) is 6.26. The van der Waals surface area contributed by atoms with Crippen molar-refractivity contribution in [3.63, 3.8) is 0 Å². The summed E-state index contributed by atoms with van der Waals surface area (Å²) >= 11 is 0. The Morgan fingerprint density at radius 3 is 2.83 bits per heavy atom. The molecular weight excluding hydrogens is 374 g/mol. The number of aromatic amines is 1. The number of para-hydroxylation sites is 2. The monoisotopic (exact) mass is 403 g/mol. The van der Waals surface area contributed by atoms with Crippen LogP contribution >= 0.6 is 0 Å². The van der Waals surface area contributed by atoms with Gasteiger partial charge >= 0.3 is 0 Å². The highest BCUT2D eigenvalue weighted by Gasteiger charge is 2.32. The molecule has 2 aromatic heterocycles. The third-order valence-corrected chi connectivity index (χ3v) is 6.26. The maximum atomic E-state index is 12.4. The van der Waals surface area contributed by atoms with E-state index in [1.807, 2.05) is 18.2 Å². The lowest BCUT2D eigenvalue weighted by molar-refractivity contribution is 0.0933. The van der Waals surface area contributed by atoms with Crippen LogP contribution in [0, 0.1) is 23.7 Å².